The van der Waals surface area contributed by atoms with Gasteiger partial charge in [0, 0.05) is 6.20 Å². The number of hydrogen-bond acceptors (Lipinski definition) is 3. The van der Waals surface area contributed by atoms with Crippen molar-refractivity contribution in [3.63, 3.8) is 0 Å². The maximum atomic E-state index is 12.5. The molecule has 2 amide bonds. The van der Waals surface area contributed by atoms with Crippen LogP contribution < -0.4 is 5.32 Å². The van der Waals surface area contributed by atoms with E-state index < -0.39 is 5.54 Å². The summed E-state index contributed by atoms with van der Waals surface area (Å²) in [5.74, 6) is -0.143. The highest BCUT2D eigenvalue weighted by Crippen LogP contribution is 2.20. The molecule has 0 radical (unpaired) electrons. The second-order valence-electron chi connectivity index (χ2n) is 5.36. The average Bonchev–Trinajstić information content (AvgIpc) is 2.45. The van der Waals surface area contributed by atoms with Crippen LogP contribution in [0.5, 0.6) is 0 Å². The van der Waals surface area contributed by atoms with E-state index in [2.05, 4.69) is 17.2 Å². The fourth-order valence-electron chi connectivity index (χ4n) is 2.48. The Labute approximate surface area is 119 Å². The van der Waals surface area contributed by atoms with E-state index in [-0.39, 0.29) is 18.4 Å². The zero-order valence-electron chi connectivity index (χ0n) is 12.3. The van der Waals surface area contributed by atoms with Gasteiger partial charge in [-0.15, -0.1) is 0 Å². The van der Waals surface area contributed by atoms with E-state index in [1.54, 1.807) is 18.0 Å². The summed E-state index contributed by atoms with van der Waals surface area (Å²) in [6.45, 7) is 6.24. The molecule has 1 saturated heterocycles. The first kappa shape index (κ1) is 14.5. The smallest absolute Gasteiger partial charge is 0.248 e. The maximum Gasteiger partial charge on any atom is 0.248 e. The Bertz CT molecular complexity index is 530. The molecule has 2 rings (SSSR count). The molecule has 0 aromatic carbocycles. The van der Waals surface area contributed by atoms with Crippen LogP contribution in [0.25, 0.3) is 0 Å². The second kappa shape index (κ2) is 5.61. The van der Waals surface area contributed by atoms with Gasteiger partial charge in [-0.3, -0.25) is 14.6 Å². The molecule has 1 N–H and O–H groups in total. The number of carbonyl (C=O) groups is 2. The van der Waals surface area contributed by atoms with E-state index in [9.17, 15) is 9.59 Å². The molecule has 1 aromatic heterocycles. The predicted octanol–water partition coefficient (Wildman–Crippen LogP) is 1.27. The van der Waals surface area contributed by atoms with Gasteiger partial charge >= 0.3 is 0 Å². The minimum Gasteiger partial charge on any atom is -0.340 e. The SMILES string of the molecule is CCc1cccnc1CN1CC(=O)NC(C)(CC)C1=O. The largest absolute Gasteiger partial charge is 0.340 e. The van der Waals surface area contributed by atoms with Gasteiger partial charge in [0.15, 0.2) is 0 Å². The minimum atomic E-state index is -0.795. The topological polar surface area (TPSA) is 62.3 Å². The van der Waals surface area contributed by atoms with E-state index in [4.69, 9.17) is 0 Å². The number of aromatic nitrogens is 1. The lowest BCUT2D eigenvalue weighted by molar-refractivity contribution is -0.150. The Balaban J connectivity index is 2.24. The Kier molecular flexibility index (Phi) is 4.06. The quantitative estimate of drug-likeness (QED) is 0.900. The summed E-state index contributed by atoms with van der Waals surface area (Å²) in [6.07, 6.45) is 3.17. The number of piperazine rings is 1. The summed E-state index contributed by atoms with van der Waals surface area (Å²) in [5.41, 5.74) is 1.19. The first-order valence-corrected chi connectivity index (χ1v) is 7.03. The minimum absolute atomic E-state index is 0.0349. The van der Waals surface area contributed by atoms with Crippen LogP contribution in [-0.4, -0.2) is 33.8 Å². The number of nitrogens with one attached hydrogen (secondary N) is 1. The van der Waals surface area contributed by atoms with Crippen molar-refractivity contribution in [3.8, 4) is 0 Å². The summed E-state index contributed by atoms with van der Waals surface area (Å²) >= 11 is 0. The third-order valence-corrected chi connectivity index (χ3v) is 3.92. The lowest BCUT2D eigenvalue weighted by Crippen LogP contribution is -2.64. The molecule has 1 aliphatic heterocycles. The number of rotatable bonds is 4. The molecule has 5 heteroatoms. The summed E-state index contributed by atoms with van der Waals surface area (Å²) in [6, 6.07) is 3.90. The number of nitrogens with zero attached hydrogens (tertiary/aromatic N) is 2. The third kappa shape index (κ3) is 2.66. The lowest BCUT2D eigenvalue weighted by Gasteiger charge is -2.39. The molecule has 108 valence electrons. The highest BCUT2D eigenvalue weighted by atomic mass is 16.2. The van der Waals surface area contributed by atoms with E-state index in [0.29, 0.717) is 13.0 Å². The van der Waals surface area contributed by atoms with Crippen molar-refractivity contribution in [1.82, 2.24) is 15.2 Å². The van der Waals surface area contributed by atoms with E-state index in [1.165, 1.54) is 0 Å². The number of aryl methyl sites for hydroxylation is 1. The van der Waals surface area contributed by atoms with Crippen LogP contribution in [0.4, 0.5) is 0 Å². The molecule has 2 heterocycles. The molecule has 20 heavy (non-hydrogen) atoms. The summed E-state index contributed by atoms with van der Waals surface area (Å²) in [7, 11) is 0. The van der Waals surface area contributed by atoms with Gasteiger partial charge in [0.05, 0.1) is 12.2 Å². The molecule has 1 aromatic rings. The van der Waals surface area contributed by atoms with Crippen molar-refractivity contribution < 1.29 is 9.59 Å². The monoisotopic (exact) mass is 275 g/mol. The molecule has 0 spiro atoms. The summed E-state index contributed by atoms with van der Waals surface area (Å²) in [5, 5.41) is 2.79. The zero-order valence-corrected chi connectivity index (χ0v) is 12.3. The van der Waals surface area contributed by atoms with E-state index in [0.717, 1.165) is 17.7 Å². The molecule has 1 unspecified atom stereocenters. The number of amides is 2. The van der Waals surface area contributed by atoms with Crippen molar-refractivity contribution >= 4 is 11.8 Å². The molecule has 0 saturated carbocycles. The Morgan fingerprint density at radius 1 is 1.40 bits per heavy atom. The van der Waals surface area contributed by atoms with Gasteiger partial charge in [0.1, 0.15) is 12.1 Å². The van der Waals surface area contributed by atoms with Gasteiger partial charge in [0.25, 0.3) is 0 Å². The van der Waals surface area contributed by atoms with Crippen molar-refractivity contribution in [2.45, 2.75) is 45.7 Å². The van der Waals surface area contributed by atoms with Crippen LogP contribution >= 0.6 is 0 Å². The molecule has 0 aliphatic carbocycles. The summed E-state index contributed by atoms with van der Waals surface area (Å²) < 4.78 is 0. The third-order valence-electron chi connectivity index (χ3n) is 3.92. The van der Waals surface area contributed by atoms with Crippen LogP contribution in [0, 0.1) is 0 Å². The molecule has 0 bridgehead atoms. The van der Waals surface area contributed by atoms with Crippen molar-refractivity contribution in [2.75, 3.05) is 6.54 Å². The van der Waals surface area contributed by atoms with Gasteiger partial charge in [-0.1, -0.05) is 19.9 Å². The highest BCUT2D eigenvalue weighted by molar-refractivity contribution is 5.97. The number of hydrogen-bond donors (Lipinski definition) is 1. The number of carbonyl (C=O) groups excluding carboxylic acids is 2. The van der Waals surface area contributed by atoms with Crippen molar-refractivity contribution in [2.24, 2.45) is 0 Å². The first-order chi connectivity index (χ1) is 9.50. The fraction of sp³-hybridized carbons (Fsp3) is 0.533. The van der Waals surface area contributed by atoms with Gasteiger partial charge in [-0.2, -0.15) is 0 Å². The van der Waals surface area contributed by atoms with Crippen LogP contribution in [0.15, 0.2) is 18.3 Å². The predicted molar refractivity (Wildman–Crippen MR) is 75.9 cm³/mol. The van der Waals surface area contributed by atoms with Crippen LogP contribution in [0.2, 0.25) is 0 Å². The van der Waals surface area contributed by atoms with E-state index >= 15 is 0 Å². The Morgan fingerprint density at radius 2 is 2.15 bits per heavy atom. The standard InChI is InChI=1S/C15H21N3O2/c1-4-11-7-6-8-16-12(11)9-18-10-13(19)17-15(3,5-2)14(18)20/h6-8H,4-5,9-10H2,1-3H3,(H,17,19). The zero-order chi connectivity index (χ0) is 14.8. The lowest BCUT2D eigenvalue weighted by atomic mass is 9.94. The highest BCUT2D eigenvalue weighted by Gasteiger charge is 2.41. The van der Waals surface area contributed by atoms with Gasteiger partial charge in [0.2, 0.25) is 11.8 Å². The molecule has 1 aliphatic rings. The molecular formula is C15H21N3O2. The number of pyridine rings is 1. The van der Waals surface area contributed by atoms with Crippen LogP contribution in [0.3, 0.4) is 0 Å². The molecule has 1 atom stereocenters. The van der Waals surface area contributed by atoms with Crippen molar-refractivity contribution in [3.05, 3.63) is 29.6 Å². The van der Waals surface area contributed by atoms with Crippen LogP contribution in [-0.2, 0) is 22.6 Å². The van der Waals surface area contributed by atoms with E-state index in [1.807, 2.05) is 19.1 Å². The molecule has 1 fully saturated rings. The van der Waals surface area contributed by atoms with Crippen molar-refractivity contribution in [1.29, 1.82) is 0 Å². The Hall–Kier alpha value is -1.91. The summed E-state index contributed by atoms with van der Waals surface area (Å²) in [4.78, 5) is 30.3. The fourth-order valence-corrected chi connectivity index (χ4v) is 2.48. The van der Waals surface area contributed by atoms with Gasteiger partial charge in [-0.05, 0) is 31.4 Å². The average molecular weight is 275 g/mol. The normalized spacial score (nSPS) is 22.9. The second-order valence-corrected chi connectivity index (χ2v) is 5.36. The van der Waals surface area contributed by atoms with Crippen LogP contribution in [0.1, 0.15) is 38.4 Å². The Morgan fingerprint density at radius 3 is 2.80 bits per heavy atom. The molecular weight excluding hydrogens is 254 g/mol. The first-order valence-electron chi connectivity index (χ1n) is 7.03. The maximum absolute atomic E-state index is 12.5. The van der Waals surface area contributed by atoms with Gasteiger partial charge < -0.3 is 10.2 Å². The van der Waals surface area contributed by atoms with Gasteiger partial charge in [-0.25, -0.2) is 0 Å². The molecule has 5 nitrogen and oxygen atoms in total.